The van der Waals surface area contributed by atoms with Gasteiger partial charge in [-0.05, 0) is 43.2 Å². The van der Waals surface area contributed by atoms with Crippen LogP contribution in [-0.4, -0.2) is 47.8 Å². The molecule has 0 aromatic heterocycles. The standard InChI is InChI=1S/C23H20N2O5/c1-3-10-24-21(27)17-9-8-16(12-18(17)22(24)28)23(29)30-13-20(26)25-14(2)11-15-6-4-5-7-19(15)25/h3-9,12,14H,1,10-11,13H2,2H3/t14-/m1/s1. The molecule has 2 aliphatic heterocycles. The van der Waals surface area contributed by atoms with Crippen LogP contribution in [0.5, 0.6) is 0 Å². The highest BCUT2D eigenvalue weighted by Gasteiger charge is 2.35. The normalized spacial score (nSPS) is 17.0. The van der Waals surface area contributed by atoms with Crippen LogP contribution in [0.4, 0.5) is 5.69 Å². The van der Waals surface area contributed by atoms with E-state index in [1.807, 2.05) is 31.2 Å². The number of benzene rings is 2. The van der Waals surface area contributed by atoms with Crippen molar-refractivity contribution in [1.82, 2.24) is 4.90 Å². The van der Waals surface area contributed by atoms with E-state index in [1.165, 1.54) is 24.3 Å². The highest BCUT2D eigenvalue weighted by Crippen LogP contribution is 2.32. The molecule has 0 saturated carbocycles. The first-order chi connectivity index (χ1) is 14.4. The topological polar surface area (TPSA) is 84.0 Å². The first-order valence-electron chi connectivity index (χ1n) is 9.60. The molecule has 0 spiro atoms. The third-order valence-corrected chi connectivity index (χ3v) is 5.32. The van der Waals surface area contributed by atoms with Gasteiger partial charge in [-0.3, -0.25) is 19.3 Å². The first kappa shape index (κ1) is 19.6. The van der Waals surface area contributed by atoms with Crippen LogP contribution in [0, 0.1) is 0 Å². The molecule has 7 heteroatoms. The van der Waals surface area contributed by atoms with Gasteiger partial charge in [-0.25, -0.2) is 4.79 Å². The molecular weight excluding hydrogens is 384 g/mol. The Bertz CT molecular complexity index is 1090. The fourth-order valence-corrected chi connectivity index (χ4v) is 3.94. The van der Waals surface area contributed by atoms with Gasteiger partial charge in [0.1, 0.15) is 0 Å². The largest absolute Gasteiger partial charge is 0.452 e. The summed E-state index contributed by atoms with van der Waals surface area (Å²) in [6.07, 6.45) is 2.21. The Morgan fingerprint density at radius 3 is 2.63 bits per heavy atom. The molecule has 2 aromatic rings. The molecule has 0 saturated heterocycles. The predicted molar refractivity (Wildman–Crippen MR) is 109 cm³/mol. The number of esters is 1. The average Bonchev–Trinajstić information content (AvgIpc) is 3.20. The Balaban J connectivity index is 1.46. The Hall–Kier alpha value is -3.74. The second kappa shape index (κ2) is 7.59. The number of hydrogen-bond acceptors (Lipinski definition) is 5. The van der Waals surface area contributed by atoms with Gasteiger partial charge in [0, 0.05) is 18.3 Å². The van der Waals surface area contributed by atoms with E-state index in [2.05, 4.69) is 6.58 Å². The van der Waals surface area contributed by atoms with E-state index in [-0.39, 0.29) is 35.2 Å². The third kappa shape index (κ3) is 3.18. The molecule has 0 unspecified atom stereocenters. The number of para-hydroxylation sites is 1. The van der Waals surface area contributed by atoms with Gasteiger partial charge in [-0.1, -0.05) is 24.3 Å². The maximum Gasteiger partial charge on any atom is 0.338 e. The highest BCUT2D eigenvalue weighted by molar-refractivity contribution is 6.22. The number of amides is 3. The lowest BCUT2D eigenvalue weighted by Gasteiger charge is -2.22. The van der Waals surface area contributed by atoms with Crippen LogP contribution in [0.15, 0.2) is 55.1 Å². The van der Waals surface area contributed by atoms with Crippen molar-refractivity contribution in [3.05, 3.63) is 77.4 Å². The summed E-state index contributed by atoms with van der Waals surface area (Å²) >= 11 is 0. The van der Waals surface area contributed by atoms with Crippen molar-refractivity contribution >= 4 is 29.4 Å². The minimum absolute atomic E-state index is 0.0203. The second-order valence-corrected chi connectivity index (χ2v) is 7.29. The number of imide groups is 1. The van der Waals surface area contributed by atoms with Crippen LogP contribution in [0.3, 0.4) is 0 Å². The molecule has 4 rings (SSSR count). The Morgan fingerprint density at radius 2 is 1.87 bits per heavy atom. The number of nitrogens with zero attached hydrogens (tertiary/aromatic N) is 2. The second-order valence-electron chi connectivity index (χ2n) is 7.29. The smallest absolute Gasteiger partial charge is 0.338 e. The minimum Gasteiger partial charge on any atom is -0.452 e. The lowest BCUT2D eigenvalue weighted by molar-refractivity contribution is -0.122. The fourth-order valence-electron chi connectivity index (χ4n) is 3.94. The van der Waals surface area contributed by atoms with Crippen molar-refractivity contribution in [2.24, 2.45) is 0 Å². The van der Waals surface area contributed by atoms with E-state index in [4.69, 9.17) is 4.74 Å². The summed E-state index contributed by atoms with van der Waals surface area (Å²) in [4.78, 5) is 52.5. The fraction of sp³-hybridized carbons (Fsp3) is 0.217. The number of ether oxygens (including phenoxy) is 1. The molecular formula is C23H20N2O5. The molecule has 0 aliphatic carbocycles. The highest BCUT2D eigenvalue weighted by atomic mass is 16.5. The Kier molecular flexibility index (Phi) is 4.95. The monoisotopic (exact) mass is 404 g/mol. The van der Waals surface area contributed by atoms with Crippen LogP contribution in [0.1, 0.15) is 43.6 Å². The van der Waals surface area contributed by atoms with E-state index in [1.54, 1.807) is 4.90 Å². The molecule has 0 radical (unpaired) electrons. The number of fused-ring (bicyclic) bond motifs is 2. The van der Waals surface area contributed by atoms with Gasteiger partial charge in [0.15, 0.2) is 6.61 Å². The zero-order chi connectivity index (χ0) is 21.4. The number of carbonyl (C=O) groups excluding carboxylic acids is 4. The van der Waals surface area contributed by atoms with Crippen molar-refractivity contribution in [3.63, 3.8) is 0 Å². The van der Waals surface area contributed by atoms with Gasteiger partial charge in [-0.15, -0.1) is 6.58 Å². The van der Waals surface area contributed by atoms with Gasteiger partial charge in [-0.2, -0.15) is 0 Å². The van der Waals surface area contributed by atoms with Crippen LogP contribution in [0.25, 0.3) is 0 Å². The summed E-state index contributed by atoms with van der Waals surface area (Å²) in [5.74, 6) is -1.95. The quantitative estimate of drug-likeness (QED) is 0.435. The van der Waals surface area contributed by atoms with Crippen molar-refractivity contribution in [2.45, 2.75) is 19.4 Å². The summed E-state index contributed by atoms with van der Waals surface area (Å²) in [5.41, 5.74) is 2.39. The van der Waals surface area contributed by atoms with Gasteiger partial charge in [0.05, 0.1) is 16.7 Å². The maximum absolute atomic E-state index is 12.7. The summed E-state index contributed by atoms with van der Waals surface area (Å²) < 4.78 is 5.21. The van der Waals surface area contributed by atoms with E-state index in [0.717, 1.165) is 22.6 Å². The van der Waals surface area contributed by atoms with Crippen molar-refractivity contribution < 1.29 is 23.9 Å². The zero-order valence-electron chi connectivity index (χ0n) is 16.5. The lowest BCUT2D eigenvalue weighted by Crippen LogP contribution is -2.38. The zero-order valence-corrected chi connectivity index (χ0v) is 16.5. The van der Waals surface area contributed by atoms with E-state index in [0.29, 0.717) is 0 Å². The van der Waals surface area contributed by atoms with Crippen molar-refractivity contribution in [1.29, 1.82) is 0 Å². The number of carbonyl (C=O) groups is 4. The number of hydrogen-bond donors (Lipinski definition) is 0. The molecule has 2 heterocycles. The molecule has 0 N–H and O–H groups in total. The van der Waals surface area contributed by atoms with Gasteiger partial charge < -0.3 is 9.64 Å². The lowest BCUT2D eigenvalue weighted by atomic mass is 10.1. The molecule has 7 nitrogen and oxygen atoms in total. The van der Waals surface area contributed by atoms with Crippen molar-refractivity contribution in [3.8, 4) is 0 Å². The van der Waals surface area contributed by atoms with Gasteiger partial charge in [0.2, 0.25) is 0 Å². The minimum atomic E-state index is -0.728. The van der Waals surface area contributed by atoms with Crippen LogP contribution >= 0.6 is 0 Å². The Labute approximate surface area is 173 Å². The first-order valence-corrected chi connectivity index (χ1v) is 9.60. The molecule has 1 atom stereocenters. The summed E-state index contributed by atoms with van der Waals surface area (Å²) in [7, 11) is 0. The molecule has 0 fully saturated rings. The van der Waals surface area contributed by atoms with Crippen LogP contribution in [-0.2, 0) is 16.0 Å². The van der Waals surface area contributed by atoms with Crippen LogP contribution < -0.4 is 4.90 Å². The van der Waals surface area contributed by atoms with E-state index >= 15 is 0 Å². The van der Waals surface area contributed by atoms with Crippen molar-refractivity contribution in [2.75, 3.05) is 18.1 Å². The van der Waals surface area contributed by atoms with Crippen LogP contribution in [0.2, 0.25) is 0 Å². The molecule has 3 amide bonds. The SMILES string of the molecule is C=CCN1C(=O)c2ccc(C(=O)OCC(=O)N3c4ccccc4C[C@H]3C)cc2C1=O. The summed E-state index contributed by atoms with van der Waals surface area (Å²) in [5, 5.41) is 0. The van der Waals surface area contributed by atoms with Gasteiger partial charge >= 0.3 is 5.97 Å². The molecule has 30 heavy (non-hydrogen) atoms. The third-order valence-electron chi connectivity index (χ3n) is 5.32. The predicted octanol–water partition coefficient (Wildman–Crippen LogP) is 2.60. The molecule has 152 valence electrons. The number of rotatable bonds is 5. The number of anilines is 1. The average molecular weight is 404 g/mol. The van der Waals surface area contributed by atoms with Gasteiger partial charge in [0.25, 0.3) is 17.7 Å². The molecule has 2 aliphatic rings. The molecule has 2 aromatic carbocycles. The van der Waals surface area contributed by atoms with E-state index < -0.39 is 24.4 Å². The molecule has 0 bridgehead atoms. The Morgan fingerprint density at radius 1 is 1.13 bits per heavy atom. The van der Waals surface area contributed by atoms with E-state index in [9.17, 15) is 19.2 Å². The summed E-state index contributed by atoms with van der Waals surface area (Å²) in [6.45, 7) is 5.16. The maximum atomic E-state index is 12.7. The summed E-state index contributed by atoms with van der Waals surface area (Å²) in [6, 6.07) is 11.8.